The van der Waals surface area contributed by atoms with E-state index in [0.717, 1.165) is 12.8 Å². The molecule has 0 aliphatic heterocycles. The zero-order valence-corrected chi connectivity index (χ0v) is 21.0. The third-order valence-electron chi connectivity index (χ3n) is 6.02. The summed E-state index contributed by atoms with van der Waals surface area (Å²) in [4.78, 5) is 0. The van der Waals surface area contributed by atoms with Crippen LogP contribution in [0.5, 0.6) is 0 Å². The summed E-state index contributed by atoms with van der Waals surface area (Å²) in [6.07, 6.45) is 24.0. The molecule has 0 aliphatic carbocycles. The van der Waals surface area contributed by atoms with E-state index in [-0.39, 0.29) is 13.2 Å². The molecule has 2 N–H and O–H groups in total. The highest BCUT2D eigenvalue weighted by atomic mass is 32.1. The van der Waals surface area contributed by atoms with Crippen molar-refractivity contribution < 1.29 is 14.9 Å². The molecule has 0 heterocycles. The number of hydrogen-bond donors (Lipinski definition) is 2. The van der Waals surface area contributed by atoms with Crippen LogP contribution in [0.25, 0.3) is 0 Å². The molecule has 0 saturated heterocycles. The van der Waals surface area contributed by atoms with Crippen molar-refractivity contribution >= 4 is 17.3 Å². The Morgan fingerprint density at radius 3 is 1.40 bits per heavy atom. The van der Waals surface area contributed by atoms with Crippen LogP contribution in [0.3, 0.4) is 0 Å². The minimum absolute atomic E-state index is 0.112. The average Bonchev–Trinajstić information content (AvgIpc) is 2.76. The van der Waals surface area contributed by atoms with Gasteiger partial charge in [-0.1, -0.05) is 123 Å². The SMILES string of the molecule is CCCCCCCCCCCCC(CCCCCCCCC)C(=S)OCC(O)CO. The van der Waals surface area contributed by atoms with Crippen LogP contribution in [-0.2, 0) is 4.74 Å². The van der Waals surface area contributed by atoms with Crippen LogP contribution in [0.2, 0.25) is 0 Å². The Morgan fingerprint density at radius 2 is 1.03 bits per heavy atom. The number of ether oxygens (including phenoxy) is 1. The lowest BCUT2D eigenvalue weighted by Gasteiger charge is -2.20. The summed E-state index contributed by atoms with van der Waals surface area (Å²) in [6.45, 7) is 4.36. The van der Waals surface area contributed by atoms with Crippen molar-refractivity contribution in [3.05, 3.63) is 0 Å². The topological polar surface area (TPSA) is 49.7 Å². The minimum Gasteiger partial charge on any atom is -0.484 e. The van der Waals surface area contributed by atoms with E-state index in [1.165, 1.54) is 109 Å². The van der Waals surface area contributed by atoms with Gasteiger partial charge in [0.2, 0.25) is 0 Å². The number of unbranched alkanes of at least 4 members (excludes halogenated alkanes) is 15. The van der Waals surface area contributed by atoms with Gasteiger partial charge in [-0.3, -0.25) is 0 Å². The third-order valence-corrected chi connectivity index (χ3v) is 6.48. The van der Waals surface area contributed by atoms with E-state index >= 15 is 0 Å². The first kappa shape index (κ1) is 29.8. The van der Waals surface area contributed by atoms with E-state index in [1.54, 1.807) is 0 Å². The van der Waals surface area contributed by atoms with Gasteiger partial charge in [-0.05, 0) is 25.1 Å². The van der Waals surface area contributed by atoms with Crippen LogP contribution in [0.4, 0.5) is 0 Å². The van der Waals surface area contributed by atoms with Crippen LogP contribution in [-0.4, -0.2) is 34.6 Å². The summed E-state index contributed by atoms with van der Waals surface area (Å²) in [7, 11) is 0. The van der Waals surface area contributed by atoms with Crippen molar-refractivity contribution in [2.24, 2.45) is 5.92 Å². The molecule has 3 nitrogen and oxygen atoms in total. The summed E-state index contributed by atoms with van der Waals surface area (Å²) in [5.41, 5.74) is 0. The minimum atomic E-state index is -0.834. The second kappa shape index (κ2) is 23.5. The molecular weight excluding hydrogens is 392 g/mol. The Balaban J connectivity index is 4.00. The standard InChI is InChI=1S/C26H52O3S/c1-3-5-7-9-11-12-13-15-17-19-21-24(26(30)29-23-25(28)22-27)20-18-16-14-10-8-6-4-2/h24-25,27-28H,3-23H2,1-2H3. The quantitative estimate of drug-likeness (QED) is 0.125. The maximum Gasteiger partial charge on any atom is 0.162 e. The van der Waals surface area contributed by atoms with Crippen molar-refractivity contribution in [1.82, 2.24) is 0 Å². The third kappa shape index (κ3) is 19.8. The van der Waals surface area contributed by atoms with Gasteiger partial charge < -0.3 is 14.9 Å². The average molecular weight is 445 g/mol. The van der Waals surface area contributed by atoms with Crippen molar-refractivity contribution in [2.75, 3.05) is 13.2 Å². The Hall–Kier alpha value is -0.190. The van der Waals surface area contributed by atoms with Gasteiger partial charge in [0.25, 0.3) is 0 Å². The van der Waals surface area contributed by atoms with Crippen molar-refractivity contribution in [3.8, 4) is 0 Å². The number of thiocarbonyl (C=S) groups is 1. The Bertz CT molecular complexity index is 362. The number of aliphatic hydroxyl groups is 2. The van der Waals surface area contributed by atoms with Crippen LogP contribution >= 0.6 is 12.2 Å². The highest BCUT2D eigenvalue weighted by Gasteiger charge is 2.17. The lowest BCUT2D eigenvalue weighted by Crippen LogP contribution is -2.24. The largest absolute Gasteiger partial charge is 0.484 e. The molecule has 0 aromatic rings. The molecule has 0 radical (unpaired) electrons. The van der Waals surface area contributed by atoms with E-state index in [1.807, 2.05) is 0 Å². The fourth-order valence-electron chi connectivity index (χ4n) is 3.95. The van der Waals surface area contributed by atoms with Gasteiger partial charge in [0, 0.05) is 5.92 Å². The molecule has 0 aromatic heterocycles. The Kier molecular flexibility index (Phi) is 23.3. The molecule has 0 spiro atoms. The van der Waals surface area contributed by atoms with Gasteiger partial charge in [-0.15, -0.1) is 0 Å². The smallest absolute Gasteiger partial charge is 0.162 e. The monoisotopic (exact) mass is 444 g/mol. The lowest BCUT2D eigenvalue weighted by molar-refractivity contribution is 0.0481. The summed E-state index contributed by atoms with van der Waals surface area (Å²) >= 11 is 5.53. The maximum absolute atomic E-state index is 9.54. The second-order valence-electron chi connectivity index (χ2n) is 9.04. The van der Waals surface area contributed by atoms with Gasteiger partial charge in [0.15, 0.2) is 5.05 Å². The predicted molar refractivity (Wildman–Crippen MR) is 134 cm³/mol. The molecule has 0 saturated carbocycles. The summed E-state index contributed by atoms with van der Waals surface area (Å²) < 4.78 is 5.63. The molecule has 0 rings (SSSR count). The highest BCUT2D eigenvalue weighted by Crippen LogP contribution is 2.22. The van der Waals surface area contributed by atoms with E-state index < -0.39 is 6.10 Å². The van der Waals surface area contributed by atoms with Crippen molar-refractivity contribution in [3.63, 3.8) is 0 Å². The summed E-state index contributed by atoms with van der Waals surface area (Å²) in [5.74, 6) is 0.315. The van der Waals surface area contributed by atoms with Crippen molar-refractivity contribution in [2.45, 2.75) is 142 Å². The van der Waals surface area contributed by atoms with E-state index in [2.05, 4.69) is 13.8 Å². The van der Waals surface area contributed by atoms with Gasteiger partial charge in [-0.25, -0.2) is 0 Å². The molecule has 2 unspecified atom stereocenters. The zero-order chi connectivity index (χ0) is 22.3. The van der Waals surface area contributed by atoms with Gasteiger partial charge >= 0.3 is 0 Å². The zero-order valence-electron chi connectivity index (χ0n) is 20.2. The number of rotatable bonds is 23. The fraction of sp³-hybridized carbons (Fsp3) is 0.962. The first-order valence-corrected chi connectivity index (χ1v) is 13.5. The van der Waals surface area contributed by atoms with E-state index in [9.17, 15) is 5.11 Å². The van der Waals surface area contributed by atoms with Gasteiger partial charge in [0.1, 0.15) is 12.7 Å². The summed E-state index contributed by atoms with van der Waals surface area (Å²) in [5, 5.41) is 19.2. The molecule has 0 aromatic carbocycles. The maximum atomic E-state index is 9.54. The molecular formula is C26H52O3S. The second-order valence-corrected chi connectivity index (χ2v) is 9.45. The molecule has 30 heavy (non-hydrogen) atoms. The molecule has 180 valence electrons. The normalized spacial score (nSPS) is 13.3. The van der Waals surface area contributed by atoms with E-state index in [0.29, 0.717) is 11.0 Å². The fourth-order valence-corrected chi connectivity index (χ4v) is 4.26. The predicted octanol–water partition coefficient (Wildman–Crippen LogP) is 7.75. The molecule has 4 heteroatoms. The molecule has 0 amide bonds. The summed E-state index contributed by atoms with van der Waals surface area (Å²) in [6, 6.07) is 0. The highest BCUT2D eigenvalue weighted by molar-refractivity contribution is 7.80. The van der Waals surface area contributed by atoms with Gasteiger partial charge in [-0.2, -0.15) is 0 Å². The van der Waals surface area contributed by atoms with Crippen LogP contribution in [0.15, 0.2) is 0 Å². The van der Waals surface area contributed by atoms with Crippen LogP contribution < -0.4 is 0 Å². The van der Waals surface area contributed by atoms with E-state index in [4.69, 9.17) is 22.1 Å². The Labute approximate surface area is 193 Å². The number of aliphatic hydroxyl groups excluding tert-OH is 2. The number of hydrogen-bond acceptors (Lipinski definition) is 4. The molecule has 0 bridgehead atoms. The first-order chi connectivity index (χ1) is 14.7. The Morgan fingerprint density at radius 1 is 0.667 bits per heavy atom. The first-order valence-electron chi connectivity index (χ1n) is 13.1. The molecule has 0 fully saturated rings. The van der Waals surface area contributed by atoms with Gasteiger partial charge in [0.05, 0.1) is 6.61 Å². The lowest BCUT2D eigenvalue weighted by atomic mass is 9.94. The van der Waals surface area contributed by atoms with Crippen molar-refractivity contribution in [1.29, 1.82) is 0 Å². The van der Waals surface area contributed by atoms with Crippen LogP contribution in [0, 0.1) is 5.92 Å². The molecule has 0 aliphatic rings. The van der Waals surface area contributed by atoms with Crippen LogP contribution in [0.1, 0.15) is 136 Å². The molecule has 2 atom stereocenters.